The highest BCUT2D eigenvalue weighted by Gasteiger charge is 2.26. The van der Waals surface area contributed by atoms with E-state index in [2.05, 4.69) is 22.6 Å². The normalized spacial score (nSPS) is 16.4. The Kier molecular flexibility index (Phi) is 2.91. The molecule has 0 aliphatic heterocycles. The molecule has 1 aromatic rings. The second kappa shape index (κ2) is 3.91. The summed E-state index contributed by atoms with van der Waals surface area (Å²) in [4.78, 5) is 0.0646. The molecule has 0 aromatic heterocycles. The van der Waals surface area contributed by atoms with E-state index in [-0.39, 0.29) is 11.0 Å². The van der Waals surface area contributed by atoms with E-state index >= 15 is 0 Å². The molecule has 0 spiro atoms. The average Bonchev–Trinajstić information content (AvgIpc) is 2.85. The predicted molar refractivity (Wildman–Crippen MR) is 64.2 cm³/mol. The summed E-state index contributed by atoms with van der Waals surface area (Å²) in [6, 6.07) is 4.87. The third kappa shape index (κ3) is 2.82. The lowest BCUT2D eigenvalue weighted by Gasteiger charge is -2.09. The Hall–Kier alpha value is -0.340. The van der Waals surface area contributed by atoms with E-state index < -0.39 is 10.0 Å². The first-order valence-corrected chi connectivity index (χ1v) is 7.08. The van der Waals surface area contributed by atoms with Crippen LogP contribution >= 0.6 is 22.6 Å². The fraction of sp³-hybridized carbons (Fsp3) is 0.333. The summed E-state index contributed by atoms with van der Waals surface area (Å²) in [5, 5.41) is 5.09. The standard InChI is InChI=1S/C9H10INO3S/c10-6-1-4-9(15(11,12)13)8(5-6)14-7-2-3-7/h1,4-5,7H,2-3H2,(H2,11,12,13). The first-order valence-electron chi connectivity index (χ1n) is 4.46. The van der Waals surface area contributed by atoms with Crippen LogP contribution < -0.4 is 9.88 Å². The van der Waals surface area contributed by atoms with Crippen molar-refractivity contribution in [2.24, 2.45) is 5.14 Å². The van der Waals surface area contributed by atoms with Gasteiger partial charge in [0, 0.05) is 3.57 Å². The molecule has 82 valence electrons. The second-order valence-corrected chi connectivity index (χ2v) is 6.23. The molecule has 2 rings (SSSR count). The number of hydrogen-bond donors (Lipinski definition) is 1. The summed E-state index contributed by atoms with van der Waals surface area (Å²) in [6.07, 6.45) is 2.12. The van der Waals surface area contributed by atoms with Crippen LogP contribution in [-0.2, 0) is 10.0 Å². The van der Waals surface area contributed by atoms with Crippen LogP contribution in [0.25, 0.3) is 0 Å². The molecule has 0 radical (unpaired) electrons. The van der Waals surface area contributed by atoms with Gasteiger partial charge in [0.05, 0.1) is 6.10 Å². The lowest BCUT2D eigenvalue weighted by atomic mass is 10.3. The minimum absolute atomic E-state index is 0.0646. The van der Waals surface area contributed by atoms with Gasteiger partial charge in [-0.15, -0.1) is 0 Å². The summed E-state index contributed by atoms with van der Waals surface area (Å²) in [7, 11) is -3.70. The van der Waals surface area contributed by atoms with Gasteiger partial charge in [0.2, 0.25) is 10.0 Å². The molecular formula is C9H10INO3S. The van der Waals surface area contributed by atoms with Crippen molar-refractivity contribution in [1.29, 1.82) is 0 Å². The van der Waals surface area contributed by atoms with Crippen molar-refractivity contribution in [3.63, 3.8) is 0 Å². The monoisotopic (exact) mass is 339 g/mol. The van der Waals surface area contributed by atoms with Crippen LogP contribution in [0.5, 0.6) is 5.75 Å². The highest BCUT2D eigenvalue weighted by Crippen LogP contribution is 2.31. The number of benzene rings is 1. The van der Waals surface area contributed by atoms with Crippen molar-refractivity contribution in [3.05, 3.63) is 21.8 Å². The average molecular weight is 339 g/mol. The van der Waals surface area contributed by atoms with E-state index in [0.29, 0.717) is 5.75 Å². The van der Waals surface area contributed by atoms with Gasteiger partial charge in [0.25, 0.3) is 0 Å². The van der Waals surface area contributed by atoms with Crippen molar-refractivity contribution in [2.45, 2.75) is 23.8 Å². The lowest BCUT2D eigenvalue weighted by molar-refractivity contribution is 0.295. The van der Waals surface area contributed by atoms with Crippen LogP contribution in [0, 0.1) is 3.57 Å². The zero-order valence-corrected chi connectivity index (χ0v) is 10.8. The second-order valence-electron chi connectivity index (χ2n) is 3.45. The van der Waals surface area contributed by atoms with Crippen LogP contribution in [0.15, 0.2) is 23.1 Å². The van der Waals surface area contributed by atoms with Gasteiger partial charge in [0.15, 0.2) is 0 Å². The summed E-state index contributed by atoms with van der Waals surface area (Å²) >= 11 is 2.10. The predicted octanol–water partition coefficient (Wildman–Crippen LogP) is 1.48. The molecule has 0 bridgehead atoms. The summed E-state index contributed by atoms with van der Waals surface area (Å²) in [6.45, 7) is 0. The number of halogens is 1. The van der Waals surface area contributed by atoms with E-state index in [0.717, 1.165) is 16.4 Å². The fourth-order valence-electron chi connectivity index (χ4n) is 1.17. The van der Waals surface area contributed by atoms with Crippen LogP contribution in [-0.4, -0.2) is 14.5 Å². The van der Waals surface area contributed by atoms with E-state index in [1.54, 1.807) is 12.1 Å². The third-order valence-corrected chi connectivity index (χ3v) is 3.65. The molecule has 0 heterocycles. The van der Waals surface area contributed by atoms with Crippen molar-refractivity contribution in [3.8, 4) is 5.75 Å². The molecule has 0 unspecified atom stereocenters. The number of ether oxygens (including phenoxy) is 1. The molecular weight excluding hydrogens is 329 g/mol. The smallest absolute Gasteiger partial charge is 0.241 e. The summed E-state index contributed by atoms with van der Waals surface area (Å²) < 4.78 is 29.0. The van der Waals surface area contributed by atoms with Crippen LogP contribution in [0.3, 0.4) is 0 Å². The Morgan fingerprint density at radius 2 is 2.07 bits per heavy atom. The molecule has 0 amide bonds. The van der Waals surface area contributed by atoms with Crippen molar-refractivity contribution >= 4 is 32.6 Å². The van der Waals surface area contributed by atoms with Gasteiger partial charge in [-0.1, -0.05) is 0 Å². The molecule has 1 aromatic carbocycles. The van der Waals surface area contributed by atoms with Crippen molar-refractivity contribution in [2.75, 3.05) is 0 Å². The molecule has 0 saturated heterocycles. The maximum absolute atomic E-state index is 11.3. The number of nitrogens with two attached hydrogens (primary N) is 1. The SMILES string of the molecule is NS(=O)(=O)c1ccc(I)cc1OC1CC1. The van der Waals surface area contributed by atoms with Crippen molar-refractivity contribution in [1.82, 2.24) is 0 Å². The van der Waals surface area contributed by atoms with Gasteiger partial charge in [-0.3, -0.25) is 0 Å². The van der Waals surface area contributed by atoms with Gasteiger partial charge in [0.1, 0.15) is 10.6 Å². The zero-order chi connectivity index (χ0) is 11.1. The molecule has 1 saturated carbocycles. The number of primary sulfonamides is 1. The molecule has 0 atom stereocenters. The number of sulfonamides is 1. The summed E-state index contributed by atoms with van der Waals surface area (Å²) in [5.74, 6) is 0.368. The fourth-order valence-corrected chi connectivity index (χ4v) is 2.28. The molecule has 6 heteroatoms. The minimum atomic E-state index is -3.70. The van der Waals surface area contributed by atoms with Gasteiger partial charge < -0.3 is 4.74 Å². The topological polar surface area (TPSA) is 69.4 Å². The molecule has 4 nitrogen and oxygen atoms in total. The Labute approximate surface area is 102 Å². The Morgan fingerprint density at radius 1 is 1.40 bits per heavy atom. The molecule has 1 fully saturated rings. The highest BCUT2D eigenvalue weighted by atomic mass is 127. The van der Waals surface area contributed by atoms with Crippen LogP contribution in [0.1, 0.15) is 12.8 Å². The van der Waals surface area contributed by atoms with Gasteiger partial charge in [-0.05, 0) is 53.6 Å². The van der Waals surface area contributed by atoms with Crippen molar-refractivity contribution < 1.29 is 13.2 Å². The lowest BCUT2D eigenvalue weighted by Crippen LogP contribution is -2.14. The quantitative estimate of drug-likeness (QED) is 0.848. The number of hydrogen-bond acceptors (Lipinski definition) is 3. The van der Waals surface area contributed by atoms with E-state index in [1.165, 1.54) is 6.07 Å². The van der Waals surface area contributed by atoms with E-state index in [9.17, 15) is 8.42 Å². The van der Waals surface area contributed by atoms with Gasteiger partial charge >= 0.3 is 0 Å². The van der Waals surface area contributed by atoms with E-state index in [4.69, 9.17) is 9.88 Å². The summed E-state index contributed by atoms with van der Waals surface area (Å²) in [5.41, 5.74) is 0. The van der Waals surface area contributed by atoms with E-state index in [1.807, 2.05) is 0 Å². The van der Waals surface area contributed by atoms with Crippen LogP contribution in [0.2, 0.25) is 0 Å². The van der Waals surface area contributed by atoms with Gasteiger partial charge in [-0.2, -0.15) is 0 Å². The maximum Gasteiger partial charge on any atom is 0.241 e. The van der Waals surface area contributed by atoms with Crippen LogP contribution in [0.4, 0.5) is 0 Å². The Morgan fingerprint density at radius 3 is 2.60 bits per heavy atom. The van der Waals surface area contributed by atoms with Gasteiger partial charge in [-0.25, -0.2) is 13.6 Å². The minimum Gasteiger partial charge on any atom is -0.489 e. The molecule has 1 aliphatic carbocycles. The molecule has 1 aliphatic rings. The first kappa shape index (κ1) is 11.2. The molecule has 2 N–H and O–H groups in total. The molecule has 15 heavy (non-hydrogen) atoms. The number of rotatable bonds is 3. The Balaban J connectivity index is 2.43. The third-order valence-electron chi connectivity index (χ3n) is 2.03. The maximum atomic E-state index is 11.3. The highest BCUT2D eigenvalue weighted by molar-refractivity contribution is 14.1. The largest absolute Gasteiger partial charge is 0.489 e. The zero-order valence-electron chi connectivity index (χ0n) is 7.81. The first-order chi connectivity index (χ1) is 6.97. The Bertz CT molecular complexity index is 482.